The Hall–Kier alpha value is -3.93. The van der Waals surface area contributed by atoms with Gasteiger partial charge in [-0.3, -0.25) is 14.5 Å². The van der Waals surface area contributed by atoms with Gasteiger partial charge in [-0.1, -0.05) is 35.9 Å². The summed E-state index contributed by atoms with van der Waals surface area (Å²) in [6.45, 7) is 5.62. The third-order valence-corrected chi connectivity index (χ3v) is 5.79. The van der Waals surface area contributed by atoms with Crippen molar-refractivity contribution in [2.45, 2.75) is 26.8 Å². The number of aryl methyl sites for hydroxylation is 3. The third-order valence-electron chi connectivity index (χ3n) is 5.79. The number of nitrogens with zero attached hydrogens (tertiary/aromatic N) is 1. The number of hydrogen-bond donors (Lipinski definition) is 1. The molecule has 1 atom stereocenters. The molecule has 1 heterocycles. The van der Waals surface area contributed by atoms with Crippen molar-refractivity contribution in [2.75, 3.05) is 12.0 Å². The monoisotopic (exact) mass is 445 g/mol. The van der Waals surface area contributed by atoms with Crippen molar-refractivity contribution in [1.29, 1.82) is 0 Å². The van der Waals surface area contributed by atoms with Crippen molar-refractivity contribution in [3.8, 4) is 5.75 Å². The van der Waals surface area contributed by atoms with Gasteiger partial charge in [0.25, 0.3) is 11.7 Å². The van der Waals surface area contributed by atoms with E-state index in [1.165, 1.54) is 36.3 Å². The first-order chi connectivity index (χ1) is 15.7. The van der Waals surface area contributed by atoms with E-state index < -0.39 is 23.5 Å². The molecular formula is C27H24FNO4. The molecule has 1 saturated heterocycles. The predicted octanol–water partition coefficient (Wildman–Crippen LogP) is 5.39. The number of amides is 1. The van der Waals surface area contributed by atoms with Crippen molar-refractivity contribution in [3.63, 3.8) is 0 Å². The molecule has 168 valence electrons. The SMILES string of the molecule is COc1c(C)cc(C)cc1/C(O)=C1\C(=O)C(=O)N(c2ccc(F)cc2)C1c1cccc(C)c1. The Morgan fingerprint density at radius 2 is 1.67 bits per heavy atom. The summed E-state index contributed by atoms with van der Waals surface area (Å²) in [6, 6.07) is 15.5. The van der Waals surface area contributed by atoms with Gasteiger partial charge in [0, 0.05) is 5.69 Å². The van der Waals surface area contributed by atoms with Crippen LogP contribution in [0.3, 0.4) is 0 Å². The number of methoxy groups -OCH3 is 1. The molecule has 0 spiro atoms. The van der Waals surface area contributed by atoms with E-state index in [2.05, 4.69) is 0 Å². The van der Waals surface area contributed by atoms with Crippen LogP contribution in [0.15, 0.2) is 66.2 Å². The minimum absolute atomic E-state index is 0.0433. The van der Waals surface area contributed by atoms with Gasteiger partial charge in [0.2, 0.25) is 0 Å². The zero-order chi connectivity index (χ0) is 23.9. The molecule has 0 saturated carbocycles. The number of rotatable bonds is 4. The highest BCUT2D eigenvalue weighted by molar-refractivity contribution is 6.51. The van der Waals surface area contributed by atoms with Crippen molar-refractivity contribution in [2.24, 2.45) is 0 Å². The molecule has 33 heavy (non-hydrogen) atoms. The van der Waals surface area contributed by atoms with E-state index >= 15 is 0 Å². The number of carbonyl (C=O) groups excluding carboxylic acids is 2. The molecule has 3 aromatic carbocycles. The second-order valence-corrected chi connectivity index (χ2v) is 8.22. The van der Waals surface area contributed by atoms with E-state index in [1.54, 1.807) is 12.1 Å². The summed E-state index contributed by atoms with van der Waals surface area (Å²) in [7, 11) is 1.49. The van der Waals surface area contributed by atoms with Crippen LogP contribution in [-0.4, -0.2) is 23.9 Å². The molecule has 0 aliphatic carbocycles. The molecule has 1 aliphatic rings. The molecule has 1 unspecified atom stereocenters. The number of aliphatic hydroxyl groups is 1. The molecule has 0 radical (unpaired) electrons. The van der Waals surface area contributed by atoms with Gasteiger partial charge in [0.1, 0.15) is 17.3 Å². The summed E-state index contributed by atoms with van der Waals surface area (Å²) in [6.07, 6.45) is 0. The predicted molar refractivity (Wildman–Crippen MR) is 125 cm³/mol. The highest BCUT2D eigenvalue weighted by Crippen LogP contribution is 2.44. The summed E-state index contributed by atoms with van der Waals surface area (Å²) in [5, 5.41) is 11.4. The fourth-order valence-corrected chi connectivity index (χ4v) is 4.40. The van der Waals surface area contributed by atoms with Gasteiger partial charge >= 0.3 is 0 Å². The molecule has 0 aromatic heterocycles. The Bertz CT molecular complexity index is 1290. The van der Waals surface area contributed by atoms with Gasteiger partial charge in [0.05, 0.1) is 24.3 Å². The van der Waals surface area contributed by atoms with E-state index in [4.69, 9.17) is 4.74 Å². The minimum Gasteiger partial charge on any atom is -0.507 e. The average Bonchev–Trinajstić information content (AvgIpc) is 3.04. The van der Waals surface area contributed by atoms with Gasteiger partial charge < -0.3 is 9.84 Å². The molecule has 3 aromatic rings. The highest BCUT2D eigenvalue weighted by atomic mass is 19.1. The van der Waals surface area contributed by atoms with Crippen molar-refractivity contribution in [3.05, 3.63) is 99.9 Å². The van der Waals surface area contributed by atoms with E-state index in [0.29, 0.717) is 22.6 Å². The van der Waals surface area contributed by atoms with Crippen LogP contribution in [0.4, 0.5) is 10.1 Å². The molecule has 1 aliphatic heterocycles. The van der Waals surface area contributed by atoms with Crippen molar-refractivity contribution in [1.82, 2.24) is 0 Å². The Balaban J connectivity index is 2.01. The summed E-state index contributed by atoms with van der Waals surface area (Å²) in [5.74, 6) is -1.95. The smallest absolute Gasteiger partial charge is 0.300 e. The fourth-order valence-electron chi connectivity index (χ4n) is 4.40. The molecule has 1 N–H and O–H groups in total. The second-order valence-electron chi connectivity index (χ2n) is 8.22. The molecule has 1 fully saturated rings. The normalized spacial score (nSPS) is 17.5. The van der Waals surface area contributed by atoms with Crippen LogP contribution < -0.4 is 9.64 Å². The highest BCUT2D eigenvalue weighted by Gasteiger charge is 2.47. The quantitative estimate of drug-likeness (QED) is 0.332. The maximum atomic E-state index is 13.6. The summed E-state index contributed by atoms with van der Waals surface area (Å²) in [5.41, 5.74) is 3.90. The number of halogens is 1. The minimum atomic E-state index is -0.888. The standard InChI is InChI=1S/C27H24FNO4/c1-15-6-5-7-18(13-15)23-22(24(30)21-14-16(2)12-17(3)26(21)33-4)25(31)27(32)29(23)20-10-8-19(28)9-11-20/h5-14,23,30H,1-4H3/b24-22+. The van der Waals surface area contributed by atoms with Gasteiger partial charge in [-0.2, -0.15) is 0 Å². The lowest BCUT2D eigenvalue weighted by Crippen LogP contribution is -2.29. The Morgan fingerprint density at radius 1 is 0.970 bits per heavy atom. The second kappa shape index (κ2) is 8.54. The topological polar surface area (TPSA) is 66.8 Å². The Kier molecular flexibility index (Phi) is 5.77. The van der Waals surface area contributed by atoms with Gasteiger partial charge in [-0.05, 0) is 67.8 Å². The van der Waals surface area contributed by atoms with Gasteiger partial charge in [-0.15, -0.1) is 0 Å². The van der Waals surface area contributed by atoms with Crippen LogP contribution in [0.2, 0.25) is 0 Å². The molecular weight excluding hydrogens is 421 g/mol. The lowest BCUT2D eigenvalue weighted by Gasteiger charge is -2.26. The molecule has 0 bridgehead atoms. The number of anilines is 1. The number of hydrogen-bond acceptors (Lipinski definition) is 4. The molecule has 6 heteroatoms. The first-order valence-corrected chi connectivity index (χ1v) is 10.5. The van der Waals surface area contributed by atoms with E-state index in [0.717, 1.165) is 16.7 Å². The number of ketones is 1. The first-order valence-electron chi connectivity index (χ1n) is 10.5. The molecule has 5 nitrogen and oxygen atoms in total. The number of Topliss-reactive ketones (excluding diaryl/α,β-unsaturated/α-hetero) is 1. The summed E-state index contributed by atoms with van der Waals surface area (Å²) in [4.78, 5) is 27.8. The van der Waals surface area contributed by atoms with Crippen LogP contribution in [0.5, 0.6) is 5.75 Å². The lowest BCUT2D eigenvalue weighted by atomic mass is 9.93. The average molecular weight is 445 g/mol. The molecule has 1 amide bonds. The van der Waals surface area contributed by atoms with Crippen molar-refractivity contribution >= 4 is 23.1 Å². The summed E-state index contributed by atoms with van der Waals surface area (Å²) < 4.78 is 19.1. The maximum Gasteiger partial charge on any atom is 0.300 e. The van der Waals surface area contributed by atoms with Crippen LogP contribution in [0.25, 0.3) is 5.76 Å². The maximum absolute atomic E-state index is 13.6. The Labute approximate surface area is 191 Å². The fraction of sp³-hybridized carbons (Fsp3) is 0.185. The zero-order valence-electron chi connectivity index (χ0n) is 18.8. The first kappa shape index (κ1) is 22.3. The zero-order valence-corrected chi connectivity index (χ0v) is 18.8. The van der Waals surface area contributed by atoms with Gasteiger partial charge in [-0.25, -0.2) is 4.39 Å². The largest absolute Gasteiger partial charge is 0.507 e. The number of aliphatic hydroxyl groups excluding tert-OH is 1. The van der Waals surface area contributed by atoms with Crippen molar-refractivity contribution < 1.29 is 23.8 Å². The third kappa shape index (κ3) is 3.89. The van der Waals surface area contributed by atoms with Crippen LogP contribution in [0.1, 0.15) is 33.9 Å². The van der Waals surface area contributed by atoms with Crippen LogP contribution in [0, 0.1) is 26.6 Å². The number of ether oxygens (including phenoxy) is 1. The van der Waals surface area contributed by atoms with Crippen LogP contribution >= 0.6 is 0 Å². The van der Waals surface area contributed by atoms with E-state index in [-0.39, 0.29) is 11.3 Å². The molecule has 4 rings (SSSR count). The lowest BCUT2D eigenvalue weighted by molar-refractivity contribution is -0.132. The van der Waals surface area contributed by atoms with E-state index in [9.17, 15) is 19.1 Å². The Morgan fingerprint density at radius 3 is 2.30 bits per heavy atom. The van der Waals surface area contributed by atoms with E-state index in [1.807, 2.05) is 45.0 Å². The summed E-state index contributed by atoms with van der Waals surface area (Å²) >= 11 is 0. The van der Waals surface area contributed by atoms with Crippen LogP contribution in [-0.2, 0) is 9.59 Å². The number of carbonyl (C=O) groups is 2. The van der Waals surface area contributed by atoms with Gasteiger partial charge in [0.15, 0.2) is 0 Å². The number of benzene rings is 3.